The van der Waals surface area contributed by atoms with E-state index >= 15 is 0 Å². The number of nitrogens with one attached hydrogen (secondary N) is 1. The number of carbonyl (C=O) groups is 1. The van der Waals surface area contributed by atoms with Crippen LogP contribution in [0, 0.1) is 0 Å². The molecule has 4 heteroatoms. The highest BCUT2D eigenvalue weighted by molar-refractivity contribution is 5.74. The van der Waals surface area contributed by atoms with Crippen molar-refractivity contribution in [2.45, 2.75) is 38.8 Å². The molecule has 2 atom stereocenters. The minimum absolute atomic E-state index is 0.0501. The van der Waals surface area contributed by atoms with E-state index in [-0.39, 0.29) is 12.1 Å². The Morgan fingerprint density at radius 3 is 2.38 bits per heavy atom. The fourth-order valence-electron chi connectivity index (χ4n) is 1.33. The molecule has 1 rings (SSSR count). The van der Waals surface area contributed by atoms with Crippen LogP contribution in [0.25, 0.3) is 0 Å². The quantitative estimate of drug-likeness (QED) is 0.662. The Morgan fingerprint density at radius 2 is 1.92 bits per heavy atom. The third-order valence-corrected chi connectivity index (χ3v) is 2.47. The number of carbonyl (C=O) groups excluding carboxylic acids is 1. The summed E-state index contributed by atoms with van der Waals surface area (Å²) in [7, 11) is 0. The topological polar surface area (TPSA) is 52.6 Å². The summed E-state index contributed by atoms with van der Waals surface area (Å²) in [6.07, 6.45) is 1.69. The lowest BCUT2D eigenvalue weighted by atomic mass is 10.2. The normalized spacial score (nSPS) is 21.3. The van der Waals surface area contributed by atoms with Crippen LogP contribution in [-0.4, -0.2) is 41.3 Å². The van der Waals surface area contributed by atoms with Gasteiger partial charge in [-0.25, -0.2) is 4.79 Å². The molecule has 2 unspecified atom stereocenters. The van der Waals surface area contributed by atoms with Crippen molar-refractivity contribution in [2.75, 3.05) is 13.1 Å². The molecule has 0 radical (unpaired) electrons. The van der Waals surface area contributed by atoms with Crippen molar-refractivity contribution < 1.29 is 9.90 Å². The van der Waals surface area contributed by atoms with Crippen LogP contribution in [0.15, 0.2) is 0 Å². The second-order valence-electron chi connectivity index (χ2n) is 3.67. The molecular formula is C9H18N2O2. The van der Waals surface area contributed by atoms with E-state index in [2.05, 4.69) is 5.32 Å². The molecule has 13 heavy (non-hydrogen) atoms. The lowest BCUT2D eigenvalue weighted by Crippen LogP contribution is -2.46. The monoisotopic (exact) mass is 186 g/mol. The Bertz CT molecular complexity index is 176. The Balaban J connectivity index is 2.31. The molecule has 1 heterocycles. The summed E-state index contributed by atoms with van der Waals surface area (Å²) < 4.78 is 0. The average Bonchev–Trinajstić information content (AvgIpc) is 2.55. The molecule has 0 bridgehead atoms. The summed E-state index contributed by atoms with van der Waals surface area (Å²) >= 11 is 0. The van der Waals surface area contributed by atoms with Crippen LogP contribution in [0.2, 0.25) is 0 Å². The maximum absolute atomic E-state index is 11.5. The summed E-state index contributed by atoms with van der Waals surface area (Å²) in [4.78, 5) is 13.3. The SMILES string of the molecule is CC(O)C(C)NC(=O)N1CCCC1. The van der Waals surface area contributed by atoms with E-state index in [1.165, 1.54) is 0 Å². The van der Waals surface area contributed by atoms with Gasteiger partial charge >= 0.3 is 6.03 Å². The summed E-state index contributed by atoms with van der Waals surface area (Å²) in [6, 6.07) is -0.223. The van der Waals surface area contributed by atoms with Crippen molar-refractivity contribution in [3.8, 4) is 0 Å². The van der Waals surface area contributed by atoms with Crippen LogP contribution in [0.4, 0.5) is 4.79 Å². The maximum Gasteiger partial charge on any atom is 0.317 e. The zero-order chi connectivity index (χ0) is 9.84. The number of amides is 2. The first-order chi connectivity index (χ1) is 6.11. The Morgan fingerprint density at radius 1 is 1.38 bits per heavy atom. The molecule has 0 aliphatic carbocycles. The van der Waals surface area contributed by atoms with Crippen LogP contribution in [0.3, 0.4) is 0 Å². The van der Waals surface area contributed by atoms with Crippen LogP contribution >= 0.6 is 0 Å². The molecular weight excluding hydrogens is 168 g/mol. The van der Waals surface area contributed by atoms with Crippen LogP contribution in [0.5, 0.6) is 0 Å². The molecule has 76 valence electrons. The molecule has 2 amide bonds. The minimum atomic E-state index is -0.494. The zero-order valence-corrected chi connectivity index (χ0v) is 8.29. The van der Waals surface area contributed by atoms with Gasteiger partial charge in [0.05, 0.1) is 12.1 Å². The van der Waals surface area contributed by atoms with Crippen LogP contribution in [0.1, 0.15) is 26.7 Å². The van der Waals surface area contributed by atoms with E-state index in [0.717, 1.165) is 25.9 Å². The van der Waals surface area contributed by atoms with Gasteiger partial charge in [-0.1, -0.05) is 0 Å². The van der Waals surface area contributed by atoms with Gasteiger partial charge in [0.1, 0.15) is 0 Å². The standard InChI is InChI=1S/C9H18N2O2/c1-7(8(2)12)10-9(13)11-5-3-4-6-11/h7-8,12H,3-6H2,1-2H3,(H,10,13). The zero-order valence-electron chi connectivity index (χ0n) is 8.29. The fraction of sp³-hybridized carbons (Fsp3) is 0.889. The predicted molar refractivity (Wildman–Crippen MR) is 50.5 cm³/mol. The maximum atomic E-state index is 11.5. The Kier molecular flexibility index (Phi) is 3.54. The van der Waals surface area contributed by atoms with Gasteiger partial charge < -0.3 is 15.3 Å². The van der Waals surface area contributed by atoms with Gasteiger partial charge in [-0.15, -0.1) is 0 Å². The summed E-state index contributed by atoms with van der Waals surface area (Å²) in [5.41, 5.74) is 0. The molecule has 1 fully saturated rings. The third-order valence-electron chi connectivity index (χ3n) is 2.47. The highest BCUT2D eigenvalue weighted by Crippen LogP contribution is 2.07. The van der Waals surface area contributed by atoms with E-state index in [0.29, 0.717) is 0 Å². The predicted octanol–water partition coefficient (Wildman–Crippen LogP) is 0.561. The van der Waals surface area contributed by atoms with Gasteiger partial charge in [-0.3, -0.25) is 0 Å². The number of hydrogen-bond acceptors (Lipinski definition) is 2. The Hall–Kier alpha value is -0.770. The van der Waals surface area contributed by atoms with Crippen LogP contribution in [-0.2, 0) is 0 Å². The highest BCUT2D eigenvalue weighted by Gasteiger charge is 2.20. The molecule has 1 aliphatic heterocycles. The molecule has 1 aliphatic rings. The summed E-state index contributed by atoms with van der Waals surface area (Å²) in [5, 5.41) is 11.9. The van der Waals surface area contributed by atoms with E-state index in [1.807, 2.05) is 0 Å². The van der Waals surface area contributed by atoms with E-state index in [4.69, 9.17) is 0 Å². The largest absolute Gasteiger partial charge is 0.391 e. The van der Waals surface area contributed by atoms with Crippen molar-refractivity contribution in [2.24, 2.45) is 0 Å². The second-order valence-corrected chi connectivity index (χ2v) is 3.67. The number of aliphatic hydroxyl groups excluding tert-OH is 1. The van der Waals surface area contributed by atoms with Gasteiger partial charge in [-0.2, -0.15) is 0 Å². The first-order valence-electron chi connectivity index (χ1n) is 4.85. The van der Waals surface area contributed by atoms with E-state index < -0.39 is 6.10 Å². The van der Waals surface area contributed by atoms with Gasteiger partial charge in [0.25, 0.3) is 0 Å². The minimum Gasteiger partial charge on any atom is -0.391 e. The summed E-state index contributed by atoms with van der Waals surface area (Å²) in [6.45, 7) is 5.17. The van der Waals surface area contributed by atoms with Crippen molar-refractivity contribution in [3.05, 3.63) is 0 Å². The fourth-order valence-corrected chi connectivity index (χ4v) is 1.33. The summed E-state index contributed by atoms with van der Waals surface area (Å²) in [5.74, 6) is 0. The molecule has 4 nitrogen and oxygen atoms in total. The first kappa shape index (κ1) is 10.3. The lowest BCUT2D eigenvalue weighted by Gasteiger charge is -2.21. The van der Waals surface area contributed by atoms with Crippen molar-refractivity contribution in [3.63, 3.8) is 0 Å². The molecule has 0 aromatic carbocycles. The number of hydrogen-bond donors (Lipinski definition) is 2. The smallest absolute Gasteiger partial charge is 0.317 e. The average molecular weight is 186 g/mol. The highest BCUT2D eigenvalue weighted by atomic mass is 16.3. The second kappa shape index (κ2) is 4.46. The van der Waals surface area contributed by atoms with Gasteiger partial charge in [0.2, 0.25) is 0 Å². The van der Waals surface area contributed by atoms with Gasteiger partial charge in [0.15, 0.2) is 0 Å². The number of nitrogens with zero attached hydrogens (tertiary/aromatic N) is 1. The number of likely N-dealkylation sites (tertiary alicyclic amines) is 1. The number of urea groups is 1. The van der Waals surface area contributed by atoms with E-state index in [9.17, 15) is 9.90 Å². The third kappa shape index (κ3) is 2.88. The van der Waals surface area contributed by atoms with Crippen molar-refractivity contribution in [1.82, 2.24) is 10.2 Å². The first-order valence-corrected chi connectivity index (χ1v) is 4.85. The van der Waals surface area contributed by atoms with Gasteiger partial charge in [-0.05, 0) is 26.7 Å². The molecule has 0 saturated carbocycles. The van der Waals surface area contributed by atoms with Crippen molar-refractivity contribution in [1.29, 1.82) is 0 Å². The number of rotatable bonds is 2. The molecule has 0 spiro atoms. The Labute approximate surface area is 78.9 Å². The lowest BCUT2D eigenvalue weighted by molar-refractivity contribution is 0.145. The molecule has 2 N–H and O–H groups in total. The molecule has 0 aromatic heterocycles. The van der Waals surface area contributed by atoms with Gasteiger partial charge in [0, 0.05) is 13.1 Å². The van der Waals surface area contributed by atoms with E-state index in [1.54, 1.807) is 18.7 Å². The van der Waals surface area contributed by atoms with Crippen LogP contribution < -0.4 is 5.32 Å². The molecule has 1 saturated heterocycles. The molecule has 0 aromatic rings. The number of aliphatic hydroxyl groups is 1. The van der Waals surface area contributed by atoms with Crippen molar-refractivity contribution >= 4 is 6.03 Å².